The zero-order chi connectivity index (χ0) is 21.3. The van der Waals surface area contributed by atoms with E-state index in [0.29, 0.717) is 27.5 Å². The minimum absolute atomic E-state index is 0.0944. The second-order valence-corrected chi connectivity index (χ2v) is 7.13. The third kappa shape index (κ3) is 3.71. The molecule has 1 atom stereocenters. The first-order valence-electron chi connectivity index (χ1n) is 9.00. The number of hydrogen-bond acceptors (Lipinski definition) is 5. The lowest BCUT2D eigenvalue weighted by atomic mass is 9.96. The van der Waals surface area contributed by atoms with Crippen LogP contribution in [0.3, 0.4) is 0 Å². The van der Waals surface area contributed by atoms with Gasteiger partial charge in [-0.2, -0.15) is 5.26 Å². The Kier molecular flexibility index (Phi) is 5.12. The monoisotopic (exact) mass is 422 g/mol. The van der Waals surface area contributed by atoms with Crippen LogP contribution in [0.4, 0.5) is 10.5 Å². The summed E-state index contributed by atoms with van der Waals surface area (Å²) in [5.41, 5.74) is 2.15. The maximum Gasteiger partial charge on any atom is 0.338 e. The molecule has 30 heavy (non-hydrogen) atoms. The zero-order valence-corrected chi connectivity index (χ0v) is 16.3. The molecule has 0 fully saturated rings. The van der Waals surface area contributed by atoms with Crippen LogP contribution in [0, 0.1) is 11.3 Å². The van der Waals surface area contributed by atoms with Crippen LogP contribution in [-0.2, 0) is 14.3 Å². The molecule has 4 rings (SSSR count). The van der Waals surface area contributed by atoms with Crippen molar-refractivity contribution >= 4 is 35.2 Å². The van der Waals surface area contributed by atoms with E-state index in [1.54, 1.807) is 42.5 Å². The molecule has 0 aromatic heterocycles. The van der Waals surface area contributed by atoms with Crippen molar-refractivity contribution in [3.8, 4) is 6.07 Å². The number of anilines is 1. The maximum absolute atomic E-state index is 12.7. The summed E-state index contributed by atoms with van der Waals surface area (Å²) in [6.45, 7) is -0.408. The van der Waals surface area contributed by atoms with Crippen LogP contribution in [0.2, 0.25) is 5.02 Å². The molecule has 0 aliphatic carbocycles. The van der Waals surface area contributed by atoms with Crippen molar-refractivity contribution in [1.29, 1.82) is 5.26 Å². The molecule has 8 nitrogen and oxygen atoms in total. The standard InChI is InChI=1S/C21H15ClN4O4/c22-14-6-4-13(5-7-14)19-18-16(11-30-20(18)28)26(21(29)25-19)10-17(27)24-15-3-1-2-12(8-15)9-23/h1-8,19H,10-11H2,(H,24,27)(H,25,29)/t19-/m1/s1. The molecular weight excluding hydrogens is 408 g/mol. The number of esters is 1. The first-order chi connectivity index (χ1) is 14.5. The van der Waals surface area contributed by atoms with Crippen LogP contribution in [0.15, 0.2) is 59.8 Å². The molecule has 150 valence electrons. The van der Waals surface area contributed by atoms with E-state index in [-0.39, 0.29) is 18.7 Å². The Bertz CT molecular complexity index is 1120. The number of carbonyl (C=O) groups is 3. The molecule has 0 unspecified atom stereocenters. The van der Waals surface area contributed by atoms with Gasteiger partial charge in [-0.15, -0.1) is 0 Å². The molecule has 3 amide bonds. The Hall–Kier alpha value is -3.83. The molecule has 0 bridgehead atoms. The number of nitriles is 1. The number of halogens is 1. The molecule has 0 spiro atoms. The maximum atomic E-state index is 12.7. The molecular formula is C21H15ClN4O4. The van der Waals surface area contributed by atoms with Gasteiger partial charge in [0.1, 0.15) is 13.2 Å². The number of urea groups is 1. The minimum Gasteiger partial charge on any atom is -0.456 e. The first-order valence-corrected chi connectivity index (χ1v) is 9.38. The number of cyclic esters (lactones) is 1. The number of amides is 3. The van der Waals surface area contributed by atoms with Gasteiger partial charge in [0.15, 0.2) is 0 Å². The molecule has 2 aromatic rings. The van der Waals surface area contributed by atoms with E-state index in [2.05, 4.69) is 10.6 Å². The van der Waals surface area contributed by atoms with Gasteiger partial charge < -0.3 is 15.4 Å². The van der Waals surface area contributed by atoms with Crippen LogP contribution in [-0.4, -0.2) is 36.0 Å². The Morgan fingerprint density at radius 2 is 2.03 bits per heavy atom. The van der Waals surface area contributed by atoms with Crippen LogP contribution in [0.5, 0.6) is 0 Å². The van der Waals surface area contributed by atoms with E-state index >= 15 is 0 Å². The van der Waals surface area contributed by atoms with Gasteiger partial charge in [-0.25, -0.2) is 9.59 Å². The number of rotatable bonds is 4. The van der Waals surface area contributed by atoms with E-state index < -0.39 is 23.9 Å². The van der Waals surface area contributed by atoms with Crippen LogP contribution >= 0.6 is 11.6 Å². The molecule has 2 aromatic carbocycles. The lowest BCUT2D eigenvalue weighted by molar-refractivity contribution is -0.136. The highest BCUT2D eigenvalue weighted by molar-refractivity contribution is 6.30. The lowest BCUT2D eigenvalue weighted by Gasteiger charge is -2.32. The summed E-state index contributed by atoms with van der Waals surface area (Å²) in [5, 5.41) is 14.9. The SMILES string of the molecule is N#Cc1cccc(NC(=O)CN2C(=O)N[C@H](c3ccc(Cl)cc3)C3=C2COC3=O)c1. The smallest absolute Gasteiger partial charge is 0.338 e. The van der Waals surface area contributed by atoms with Gasteiger partial charge in [0.2, 0.25) is 5.91 Å². The average Bonchev–Trinajstić information content (AvgIpc) is 3.12. The Morgan fingerprint density at radius 1 is 1.27 bits per heavy atom. The number of ether oxygens (including phenoxy) is 1. The highest BCUT2D eigenvalue weighted by Crippen LogP contribution is 2.35. The van der Waals surface area contributed by atoms with Crippen molar-refractivity contribution < 1.29 is 19.1 Å². The summed E-state index contributed by atoms with van der Waals surface area (Å²) >= 11 is 5.92. The molecule has 0 saturated heterocycles. The Morgan fingerprint density at radius 3 is 2.77 bits per heavy atom. The van der Waals surface area contributed by atoms with E-state index in [4.69, 9.17) is 21.6 Å². The quantitative estimate of drug-likeness (QED) is 0.736. The van der Waals surface area contributed by atoms with Gasteiger partial charge in [-0.3, -0.25) is 9.69 Å². The predicted molar refractivity (Wildman–Crippen MR) is 107 cm³/mol. The summed E-state index contributed by atoms with van der Waals surface area (Å²) < 4.78 is 5.14. The molecule has 0 radical (unpaired) electrons. The van der Waals surface area contributed by atoms with Gasteiger partial charge in [0, 0.05) is 10.7 Å². The summed E-state index contributed by atoms with van der Waals surface area (Å²) in [6, 6.07) is 14.0. The first kappa shape index (κ1) is 19.5. The number of nitrogens with zero attached hydrogens (tertiary/aromatic N) is 2. The second kappa shape index (κ2) is 7.89. The summed E-state index contributed by atoms with van der Waals surface area (Å²) in [4.78, 5) is 38.8. The van der Waals surface area contributed by atoms with Gasteiger partial charge in [0.05, 0.1) is 28.9 Å². The largest absolute Gasteiger partial charge is 0.456 e. The van der Waals surface area contributed by atoms with E-state index in [9.17, 15) is 14.4 Å². The van der Waals surface area contributed by atoms with Crippen LogP contribution in [0.1, 0.15) is 17.2 Å². The predicted octanol–water partition coefficient (Wildman–Crippen LogP) is 2.73. The number of carbonyl (C=O) groups excluding carboxylic acids is 3. The lowest BCUT2D eigenvalue weighted by Crippen LogP contribution is -2.49. The fourth-order valence-electron chi connectivity index (χ4n) is 3.39. The second-order valence-electron chi connectivity index (χ2n) is 6.70. The van der Waals surface area contributed by atoms with Gasteiger partial charge in [-0.05, 0) is 35.9 Å². The van der Waals surface area contributed by atoms with Gasteiger partial charge in [0.25, 0.3) is 0 Å². The number of benzene rings is 2. The van der Waals surface area contributed by atoms with Crippen molar-refractivity contribution in [2.75, 3.05) is 18.5 Å². The van der Waals surface area contributed by atoms with Gasteiger partial charge >= 0.3 is 12.0 Å². The van der Waals surface area contributed by atoms with Crippen LogP contribution < -0.4 is 10.6 Å². The van der Waals surface area contributed by atoms with Gasteiger partial charge in [-0.1, -0.05) is 29.8 Å². The van der Waals surface area contributed by atoms with Crippen LogP contribution in [0.25, 0.3) is 0 Å². The molecule has 2 aliphatic rings. The zero-order valence-electron chi connectivity index (χ0n) is 15.5. The van der Waals surface area contributed by atoms with E-state index in [1.807, 2.05) is 6.07 Å². The highest BCUT2D eigenvalue weighted by atomic mass is 35.5. The number of nitrogens with one attached hydrogen (secondary N) is 2. The normalized spacial score (nSPS) is 17.7. The highest BCUT2D eigenvalue weighted by Gasteiger charge is 2.42. The van der Waals surface area contributed by atoms with Crippen molar-refractivity contribution in [3.63, 3.8) is 0 Å². The van der Waals surface area contributed by atoms with E-state index in [1.165, 1.54) is 11.0 Å². The van der Waals surface area contributed by atoms with E-state index in [0.717, 1.165) is 0 Å². The molecule has 2 heterocycles. The minimum atomic E-state index is -0.689. The average molecular weight is 423 g/mol. The summed E-state index contributed by atoms with van der Waals surface area (Å²) in [6.07, 6.45) is 0. The Labute approximate surface area is 176 Å². The molecule has 9 heteroatoms. The number of hydrogen-bond donors (Lipinski definition) is 2. The summed E-state index contributed by atoms with van der Waals surface area (Å²) in [5.74, 6) is -1.02. The third-order valence-corrected chi connectivity index (χ3v) is 5.03. The molecule has 0 saturated carbocycles. The van der Waals surface area contributed by atoms with Crippen molar-refractivity contribution in [1.82, 2.24) is 10.2 Å². The molecule has 2 N–H and O–H groups in total. The fourth-order valence-corrected chi connectivity index (χ4v) is 3.52. The van der Waals surface area contributed by atoms with Crippen molar-refractivity contribution in [2.45, 2.75) is 6.04 Å². The van der Waals surface area contributed by atoms with Crippen molar-refractivity contribution in [2.24, 2.45) is 0 Å². The third-order valence-electron chi connectivity index (χ3n) is 4.78. The Balaban J connectivity index is 1.58. The molecule has 2 aliphatic heterocycles. The van der Waals surface area contributed by atoms with Crippen molar-refractivity contribution in [3.05, 3.63) is 76.0 Å². The summed E-state index contributed by atoms with van der Waals surface area (Å²) in [7, 11) is 0. The fraction of sp³-hybridized carbons (Fsp3) is 0.143. The topological polar surface area (TPSA) is 112 Å².